The van der Waals surface area contributed by atoms with Gasteiger partial charge in [0, 0.05) is 24.7 Å². The van der Waals surface area contributed by atoms with E-state index < -0.39 is 0 Å². The lowest BCUT2D eigenvalue weighted by atomic mass is 9.57. The highest BCUT2D eigenvalue weighted by atomic mass is 15.3. The van der Waals surface area contributed by atoms with Gasteiger partial charge in [0.25, 0.3) is 0 Å². The minimum atomic E-state index is 0.283. The molecule has 2 aliphatic carbocycles. The molecule has 0 amide bonds. The number of nitrogens with zero attached hydrogens (tertiary/aromatic N) is 1. The van der Waals surface area contributed by atoms with E-state index in [1.54, 1.807) is 0 Å². The molecule has 0 aromatic heterocycles. The van der Waals surface area contributed by atoms with Crippen LogP contribution in [-0.4, -0.2) is 29.6 Å². The number of piperidine rings is 1. The van der Waals surface area contributed by atoms with E-state index in [1.807, 2.05) is 0 Å². The number of likely N-dealkylation sites (tertiary alicyclic amines) is 1. The minimum Gasteiger partial charge on any atom is -0.329 e. The van der Waals surface area contributed by atoms with Crippen molar-refractivity contribution in [2.45, 2.75) is 77.8 Å². The maximum Gasteiger partial charge on any atom is 0.0344 e. The summed E-state index contributed by atoms with van der Waals surface area (Å²) >= 11 is 0. The van der Waals surface area contributed by atoms with Crippen LogP contribution in [0.5, 0.6) is 0 Å². The van der Waals surface area contributed by atoms with Crippen molar-refractivity contribution in [2.24, 2.45) is 22.5 Å². The Kier molecular flexibility index (Phi) is 3.07. The second-order valence-electron chi connectivity index (χ2n) is 9.27. The van der Waals surface area contributed by atoms with Crippen molar-refractivity contribution in [3.05, 3.63) is 0 Å². The maximum absolute atomic E-state index is 6.35. The first-order chi connectivity index (χ1) is 8.75. The molecule has 1 saturated heterocycles. The summed E-state index contributed by atoms with van der Waals surface area (Å²) < 4.78 is 0. The predicted octanol–water partition coefficient (Wildman–Crippen LogP) is 3.40. The molecule has 1 aliphatic heterocycles. The van der Waals surface area contributed by atoms with Gasteiger partial charge in [-0.05, 0) is 55.3 Å². The standard InChI is InChI=1S/C17H32N2/c1-15(2)9-16(3,4)11-17(10-15,12-18)19-8-13-5-6-14(19)7-13/h13-14H,5-12,18H2,1-4H3. The van der Waals surface area contributed by atoms with Crippen LogP contribution in [0, 0.1) is 16.7 Å². The lowest BCUT2D eigenvalue weighted by molar-refractivity contribution is -0.0566. The molecule has 2 unspecified atom stereocenters. The summed E-state index contributed by atoms with van der Waals surface area (Å²) in [5.74, 6) is 0.974. The smallest absolute Gasteiger partial charge is 0.0344 e. The van der Waals surface area contributed by atoms with Gasteiger partial charge in [0.05, 0.1) is 0 Å². The Bertz CT molecular complexity index is 342. The molecule has 2 atom stereocenters. The summed E-state index contributed by atoms with van der Waals surface area (Å²) in [5, 5.41) is 0. The van der Waals surface area contributed by atoms with Gasteiger partial charge >= 0.3 is 0 Å². The molecule has 0 spiro atoms. The quantitative estimate of drug-likeness (QED) is 0.828. The molecule has 2 heteroatoms. The van der Waals surface area contributed by atoms with Crippen LogP contribution in [0.25, 0.3) is 0 Å². The van der Waals surface area contributed by atoms with Crippen LogP contribution in [0.3, 0.4) is 0 Å². The molecular weight excluding hydrogens is 232 g/mol. The molecule has 0 radical (unpaired) electrons. The molecule has 2 nitrogen and oxygen atoms in total. The predicted molar refractivity (Wildman–Crippen MR) is 81.0 cm³/mol. The zero-order valence-electron chi connectivity index (χ0n) is 13.3. The van der Waals surface area contributed by atoms with Gasteiger partial charge in [0.2, 0.25) is 0 Å². The van der Waals surface area contributed by atoms with E-state index in [2.05, 4.69) is 32.6 Å². The summed E-state index contributed by atoms with van der Waals surface area (Å²) in [7, 11) is 0. The van der Waals surface area contributed by atoms with Gasteiger partial charge in [0.1, 0.15) is 0 Å². The minimum absolute atomic E-state index is 0.283. The van der Waals surface area contributed by atoms with Gasteiger partial charge in [-0.15, -0.1) is 0 Å². The Hall–Kier alpha value is -0.0800. The van der Waals surface area contributed by atoms with Crippen LogP contribution in [0.15, 0.2) is 0 Å². The summed E-state index contributed by atoms with van der Waals surface area (Å²) in [5.41, 5.74) is 7.50. The van der Waals surface area contributed by atoms with Crippen molar-refractivity contribution in [3.63, 3.8) is 0 Å². The first-order valence-corrected chi connectivity index (χ1v) is 8.22. The van der Waals surface area contributed by atoms with Crippen molar-refractivity contribution in [2.75, 3.05) is 13.1 Å². The lowest BCUT2D eigenvalue weighted by Gasteiger charge is -2.57. The fraction of sp³-hybridized carbons (Fsp3) is 1.00. The summed E-state index contributed by atoms with van der Waals surface area (Å²) in [6.07, 6.45) is 8.26. The molecule has 1 heterocycles. The second kappa shape index (κ2) is 4.21. The second-order valence-corrected chi connectivity index (χ2v) is 9.27. The molecule has 3 aliphatic rings. The molecule has 0 aromatic carbocycles. The van der Waals surface area contributed by atoms with Crippen LogP contribution >= 0.6 is 0 Å². The molecule has 110 valence electrons. The van der Waals surface area contributed by atoms with Gasteiger partial charge in [-0.1, -0.05) is 27.7 Å². The van der Waals surface area contributed by atoms with Crippen LogP contribution in [0.4, 0.5) is 0 Å². The first-order valence-electron chi connectivity index (χ1n) is 8.22. The first kappa shape index (κ1) is 13.9. The maximum atomic E-state index is 6.35. The number of hydrogen-bond acceptors (Lipinski definition) is 2. The molecule has 2 N–H and O–H groups in total. The highest BCUT2D eigenvalue weighted by molar-refractivity contribution is 5.09. The monoisotopic (exact) mass is 264 g/mol. The Morgan fingerprint density at radius 1 is 1.00 bits per heavy atom. The Balaban J connectivity index is 1.89. The Morgan fingerprint density at radius 3 is 2.05 bits per heavy atom. The highest BCUT2D eigenvalue weighted by Crippen LogP contribution is 2.55. The highest BCUT2D eigenvalue weighted by Gasteiger charge is 2.54. The summed E-state index contributed by atoms with van der Waals surface area (Å²) in [6.45, 7) is 12.0. The van der Waals surface area contributed by atoms with Crippen LogP contribution in [0.2, 0.25) is 0 Å². The van der Waals surface area contributed by atoms with Crippen molar-refractivity contribution >= 4 is 0 Å². The van der Waals surface area contributed by atoms with E-state index in [0.29, 0.717) is 10.8 Å². The largest absolute Gasteiger partial charge is 0.329 e. The third-order valence-electron chi connectivity index (χ3n) is 5.97. The van der Waals surface area contributed by atoms with E-state index in [-0.39, 0.29) is 5.54 Å². The van der Waals surface area contributed by atoms with Crippen LogP contribution in [0.1, 0.15) is 66.2 Å². The Labute approximate surface area is 119 Å². The number of nitrogens with two attached hydrogens (primary N) is 1. The zero-order valence-corrected chi connectivity index (χ0v) is 13.3. The molecule has 19 heavy (non-hydrogen) atoms. The lowest BCUT2D eigenvalue weighted by Crippen LogP contribution is -2.62. The summed E-state index contributed by atoms with van der Waals surface area (Å²) in [6, 6.07) is 0.846. The van der Waals surface area contributed by atoms with Crippen molar-refractivity contribution < 1.29 is 0 Å². The molecule has 2 saturated carbocycles. The third kappa shape index (κ3) is 2.35. The molecule has 3 fully saturated rings. The average molecular weight is 264 g/mol. The number of rotatable bonds is 2. The van der Waals surface area contributed by atoms with Crippen LogP contribution < -0.4 is 5.73 Å². The SMILES string of the molecule is CC1(C)CC(C)(C)CC(CN)(N2CC3CCC2C3)C1. The fourth-order valence-corrected chi connectivity index (χ4v) is 6.23. The Morgan fingerprint density at radius 2 is 1.63 bits per heavy atom. The number of fused-ring (bicyclic) bond motifs is 2. The van der Waals surface area contributed by atoms with Gasteiger partial charge in [-0.2, -0.15) is 0 Å². The van der Waals surface area contributed by atoms with E-state index in [1.165, 1.54) is 45.1 Å². The average Bonchev–Trinajstić information content (AvgIpc) is 2.86. The topological polar surface area (TPSA) is 29.3 Å². The van der Waals surface area contributed by atoms with E-state index in [0.717, 1.165) is 18.5 Å². The molecule has 0 aromatic rings. The number of hydrogen-bond donors (Lipinski definition) is 1. The fourth-order valence-electron chi connectivity index (χ4n) is 6.23. The third-order valence-corrected chi connectivity index (χ3v) is 5.97. The van der Waals surface area contributed by atoms with Crippen molar-refractivity contribution in [1.82, 2.24) is 4.90 Å². The van der Waals surface area contributed by atoms with E-state index in [4.69, 9.17) is 5.73 Å². The normalized spacial score (nSPS) is 39.6. The molecule has 2 bridgehead atoms. The van der Waals surface area contributed by atoms with Crippen molar-refractivity contribution in [3.8, 4) is 0 Å². The van der Waals surface area contributed by atoms with E-state index in [9.17, 15) is 0 Å². The van der Waals surface area contributed by atoms with Gasteiger partial charge in [-0.25, -0.2) is 0 Å². The zero-order chi connectivity index (χ0) is 13.9. The van der Waals surface area contributed by atoms with Crippen LogP contribution in [-0.2, 0) is 0 Å². The van der Waals surface area contributed by atoms with E-state index >= 15 is 0 Å². The molecule has 3 rings (SSSR count). The summed E-state index contributed by atoms with van der Waals surface area (Å²) in [4.78, 5) is 2.85. The van der Waals surface area contributed by atoms with Crippen molar-refractivity contribution in [1.29, 1.82) is 0 Å². The van der Waals surface area contributed by atoms with Gasteiger partial charge in [0.15, 0.2) is 0 Å². The molecular formula is C17H32N2. The van der Waals surface area contributed by atoms with Gasteiger partial charge in [-0.3, -0.25) is 4.90 Å². The van der Waals surface area contributed by atoms with Gasteiger partial charge < -0.3 is 5.73 Å².